The highest BCUT2D eigenvalue weighted by molar-refractivity contribution is 7.90. The van der Waals surface area contributed by atoms with Gasteiger partial charge in [0.2, 0.25) is 0 Å². The lowest BCUT2D eigenvalue weighted by atomic mass is 10.1. The summed E-state index contributed by atoms with van der Waals surface area (Å²) in [5.41, 5.74) is 5.95. The molecule has 34 heavy (non-hydrogen) atoms. The maximum Gasteiger partial charge on any atom is 0.319 e. The molecule has 0 saturated carbocycles. The highest BCUT2D eigenvalue weighted by atomic mass is 32.2. The third-order valence-corrected chi connectivity index (χ3v) is 5.71. The molecule has 0 bridgehead atoms. The minimum atomic E-state index is -3.12. The maximum atomic E-state index is 14.5. The molecule has 3 rings (SSSR count). The molecule has 4 N–H and O–H groups in total. The quantitative estimate of drug-likeness (QED) is 0.390. The number of amides is 3. The zero-order valence-corrected chi connectivity index (χ0v) is 19.2. The second-order valence-corrected chi connectivity index (χ2v) is 9.61. The van der Waals surface area contributed by atoms with Gasteiger partial charge in [-0.1, -0.05) is 0 Å². The minimum Gasteiger partial charge on any atom is -0.496 e. The molecule has 0 aliphatic carbocycles. The number of carbonyl (C=O) groups excluding carboxylic acids is 2. The molecule has 0 unspecified atom stereocenters. The van der Waals surface area contributed by atoms with E-state index in [2.05, 4.69) is 15.6 Å². The largest absolute Gasteiger partial charge is 0.496 e. The van der Waals surface area contributed by atoms with Crippen molar-refractivity contribution in [1.82, 2.24) is 10.3 Å². The number of nitrogens with two attached hydrogens (primary N) is 1. The van der Waals surface area contributed by atoms with Gasteiger partial charge in [0.15, 0.2) is 0 Å². The van der Waals surface area contributed by atoms with Gasteiger partial charge in [0, 0.05) is 36.5 Å². The standard InChI is InChI=1S/C22H23FN4O6S/c1-32-20-12-18-14(11-15(20)21(24)28)19(6-8-25-18)33-13-4-5-17(16(23)10-13)27-22(29)26-7-3-9-34(2,30)31/h4-6,8,10-12H,3,7,9H2,1-2H3,(H2,24,28)(H2,26,27,29). The molecule has 10 nitrogen and oxygen atoms in total. The van der Waals surface area contributed by atoms with Crippen molar-refractivity contribution in [2.45, 2.75) is 6.42 Å². The Morgan fingerprint density at radius 1 is 1.15 bits per heavy atom. The number of pyridine rings is 1. The monoisotopic (exact) mass is 490 g/mol. The number of hydrogen-bond donors (Lipinski definition) is 3. The highest BCUT2D eigenvalue weighted by Crippen LogP contribution is 2.34. The van der Waals surface area contributed by atoms with Crippen molar-refractivity contribution in [2.24, 2.45) is 5.73 Å². The topological polar surface area (TPSA) is 150 Å². The molecule has 0 fully saturated rings. The van der Waals surface area contributed by atoms with E-state index in [9.17, 15) is 22.4 Å². The first-order valence-corrected chi connectivity index (χ1v) is 12.1. The summed E-state index contributed by atoms with van der Waals surface area (Å²) >= 11 is 0. The Morgan fingerprint density at radius 3 is 2.56 bits per heavy atom. The number of rotatable bonds is 9. The molecule has 0 radical (unpaired) electrons. The number of nitrogens with one attached hydrogen (secondary N) is 2. The molecule has 1 heterocycles. The fourth-order valence-corrected chi connectivity index (χ4v) is 3.76. The van der Waals surface area contributed by atoms with Crippen LogP contribution in [0.4, 0.5) is 14.9 Å². The summed E-state index contributed by atoms with van der Waals surface area (Å²) in [6, 6.07) is 7.77. The molecule has 0 aliphatic heterocycles. The summed E-state index contributed by atoms with van der Waals surface area (Å²) < 4.78 is 47.7. The van der Waals surface area contributed by atoms with Crippen LogP contribution >= 0.6 is 0 Å². The predicted molar refractivity (Wildman–Crippen MR) is 125 cm³/mol. The molecule has 12 heteroatoms. The summed E-state index contributed by atoms with van der Waals surface area (Å²) in [5.74, 6) is -0.795. The summed E-state index contributed by atoms with van der Waals surface area (Å²) in [6.07, 6.45) is 2.83. The van der Waals surface area contributed by atoms with Crippen LogP contribution in [0, 0.1) is 5.82 Å². The number of urea groups is 1. The first kappa shape index (κ1) is 24.7. The van der Waals surface area contributed by atoms with E-state index in [-0.39, 0.29) is 41.5 Å². The number of benzene rings is 2. The molecule has 180 valence electrons. The Morgan fingerprint density at radius 2 is 1.91 bits per heavy atom. The summed E-state index contributed by atoms with van der Waals surface area (Å²) in [5, 5.41) is 5.28. The van der Waals surface area contributed by atoms with Crippen molar-refractivity contribution in [2.75, 3.05) is 31.0 Å². The van der Waals surface area contributed by atoms with Gasteiger partial charge in [-0.3, -0.25) is 9.78 Å². The van der Waals surface area contributed by atoms with Gasteiger partial charge in [-0.2, -0.15) is 0 Å². The highest BCUT2D eigenvalue weighted by Gasteiger charge is 2.15. The molecule has 3 amide bonds. The summed E-state index contributed by atoms with van der Waals surface area (Å²) in [6.45, 7) is 0.120. The van der Waals surface area contributed by atoms with Gasteiger partial charge in [0.05, 0.1) is 29.6 Å². The zero-order chi connectivity index (χ0) is 24.9. The second kappa shape index (κ2) is 10.3. The smallest absolute Gasteiger partial charge is 0.319 e. The first-order valence-electron chi connectivity index (χ1n) is 10.0. The van der Waals surface area contributed by atoms with E-state index in [1.165, 1.54) is 31.5 Å². The van der Waals surface area contributed by atoms with Crippen LogP contribution in [0.5, 0.6) is 17.2 Å². The van der Waals surface area contributed by atoms with Crippen LogP contribution in [0.25, 0.3) is 10.9 Å². The van der Waals surface area contributed by atoms with Crippen LogP contribution in [0.3, 0.4) is 0 Å². The van der Waals surface area contributed by atoms with Crippen molar-refractivity contribution < 1.29 is 31.9 Å². The first-order chi connectivity index (χ1) is 16.1. The predicted octanol–water partition coefficient (Wildman–Crippen LogP) is 2.83. The third kappa shape index (κ3) is 6.32. The van der Waals surface area contributed by atoms with Crippen LogP contribution in [0.1, 0.15) is 16.8 Å². The van der Waals surface area contributed by atoms with Gasteiger partial charge in [-0.25, -0.2) is 17.6 Å². The number of hydrogen-bond acceptors (Lipinski definition) is 7. The van der Waals surface area contributed by atoms with Crippen LogP contribution < -0.4 is 25.8 Å². The van der Waals surface area contributed by atoms with E-state index in [0.717, 1.165) is 12.3 Å². The van der Waals surface area contributed by atoms with Crippen LogP contribution in [0.15, 0.2) is 42.6 Å². The van der Waals surface area contributed by atoms with Gasteiger partial charge in [-0.15, -0.1) is 0 Å². The molecule has 3 aromatic rings. The Kier molecular flexibility index (Phi) is 7.51. The Bertz CT molecular complexity index is 1350. The number of sulfone groups is 1. The Labute approximate surface area is 195 Å². The van der Waals surface area contributed by atoms with E-state index in [4.69, 9.17) is 15.2 Å². The van der Waals surface area contributed by atoms with Gasteiger partial charge >= 0.3 is 6.03 Å². The van der Waals surface area contributed by atoms with Crippen molar-refractivity contribution in [3.8, 4) is 17.2 Å². The molecule has 1 aromatic heterocycles. The van der Waals surface area contributed by atoms with Crippen molar-refractivity contribution in [1.29, 1.82) is 0 Å². The van der Waals surface area contributed by atoms with Crippen molar-refractivity contribution in [3.63, 3.8) is 0 Å². The molecule has 0 atom stereocenters. The van der Waals surface area contributed by atoms with Gasteiger partial charge in [0.25, 0.3) is 5.91 Å². The van der Waals surface area contributed by atoms with E-state index >= 15 is 0 Å². The van der Waals surface area contributed by atoms with Crippen molar-refractivity contribution >= 4 is 38.4 Å². The molecule has 0 aliphatic rings. The SMILES string of the molecule is COc1cc2nccc(Oc3ccc(NC(=O)NCCCS(C)(=O)=O)c(F)c3)c2cc1C(N)=O. The zero-order valence-electron chi connectivity index (χ0n) is 18.4. The number of primary amides is 1. The van der Waals surface area contributed by atoms with E-state index in [1.54, 1.807) is 12.1 Å². The van der Waals surface area contributed by atoms with E-state index in [0.29, 0.717) is 16.7 Å². The number of fused-ring (bicyclic) bond motifs is 1. The molecule has 0 spiro atoms. The van der Waals surface area contributed by atoms with E-state index < -0.39 is 27.6 Å². The summed E-state index contributed by atoms with van der Waals surface area (Å²) in [4.78, 5) is 27.9. The number of anilines is 1. The summed E-state index contributed by atoms with van der Waals surface area (Å²) in [7, 11) is -1.72. The van der Waals surface area contributed by atoms with E-state index in [1.807, 2.05) is 0 Å². The number of carbonyl (C=O) groups is 2. The van der Waals surface area contributed by atoms with Crippen LogP contribution in [-0.4, -0.2) is 51.0 Å². The third-order valence-electron chi connectivity index (χ3n) is 4.68. The average Bonchev–Trinajstić information content (AvgIpc) is 2.77. The molecule has 0 saturated heterocycles. The van der Waals surface area contributed by atoms with Crippen molar-refractivity contribution in [3.05, 3.63) is 54.0 Å². The lowest BCUT2D eigenvalue weighted by Crippen LogP contribution is -2.30. The molecular weight excluding hydrogens is 467 g/mol. The lowest BCUT2D eigenvalue weighted by Gasteiger charge is -2.13. The Balaban J connectivity index is 1.73. The lowest BCUT2D eigenvalue weighted by molar-refractivity contribution is 0.0997. The van der Waals surface area contributed by atoms with Gasteiger partial charge in [0.1, 0.15) is 32.9 Å². The number of methoxy groups -OCH3 is 1. The number of nitrogens with zero attached hydrogens (tertiary/aromatic N) is 1. The number of ether oxygens (including phenoxy) is 2. The fraction of sp³-hybridized carbons (Fsp3) is 0.227. The minimum absolute atomic E-state index is 0.0644. The number of aromatic nitrogens is 1. The maximum absolute atomic E-state index is 14.5. The average molecular weight is 491 g/mol. The molecule has 2 aromatic carbocycles. The normalized spacial score (nSPS) is 11.1. The fourth-order valence-electron chi connectivity index (χ4n) is 3.09. The van der Waals surface area contributed by atoms with Gasteiger partial charge in [-0.05, 0) is 30.7 Å². The van der Waals surface area contributed by atoms with Crippen LogP contribution in [0.2, 0.25) is 0 Å². The van der Waals surface area contributed by atoms with Crippen LogP contribution in [-0.2, 0) is 9.84 Å². The Hall–Kier alpha value is -3.93. The van der Waals surface area contributed by atoms with Gasteiger partial charge < -0.3 is 25.8 Å². The molecular formula is C22H23FN4O6S. The second-order valence-electron chi connectivity index (χ2n) is 7.35. The number of halogens is 1.